The molecule has 0 unspecified atom stereocenters. The van der Waals surface area contributed by atoms with Crippen LogP contribution in [0.15, 0.2) is 36.4 Å². The maximum Gasteiger partial charge on any atom is 0.339 e. The fourth-order valence-corrected chi connectivity index (χ4v) is 5.36. The monoisotopic (exact) mass is 514 g/mol. The van der Waals surface area contributed by atoms with Crippen molar-refractivity contribution in [2.75, 3.05) is 20.3 Å². The molecule has 2 saturated heterocycles. The average Bonchev–Trinajstić information content (AvgIpc) is 3.33. The molecule has 0 aromatic heterocycles. The number of fused-ring (bicyclic) bond motifs is 1. The minimum absolute atomic E-state index is 0.0337. The summed E-state index contributed by atoms with van der Waals surface area (Å²) in [5.41, 5.74) is -0.637. The van der Waals surface area contributed by atoms with Crippen molar-refractivity contribution in [3.63, 3.8) is 0 Å². The van der Waals surface area contributed by atoms with Crippen LogP contribution >= 0.6 is 22.6 Å². The molecule has 4 atom stereocenters. The summed E-state index contributed by atoms with van der Waals surface area (Å²) >= 11 is 2.36. The number of cyclic esters (lactones) is 1. The number of allylic oxidation sites excluding steroid dienone is 1. The van der Waals surface area contributed by atoms with E-state index in [0.29, 0.717) is 32.7 Å². The number of hydrogen-bond acceptors (Lipinski definition) is 6. The van der Waals surface area contributed by atoms with Crippen LogP contribution in [-0.4, -0.2) is 47.7 Å². The predicted molar refractivity (Wildman–Crippen MR) is 115 cm³/mol. The maximum atomic E-state index is 13.1. The van der Waals surface area contributed by atoms with Crippen LogP contribution < -0.4 is 4.74 Å². The first-order chi connectivity index (χ1) is 14.0. The highest BCUT2D eigenvalue weighted by molar-refractivity contribution is 14.1. The molecule has 1 aromatic carbocycles. The van der Waals surface area contributed by atoms with Crippen LogP contribution in [0.1, 0.15) is 31.7 Å². The smallest absolute Gasteiger partial charge is 0.339 e. The first kappa shape index (κ1) is 21.1. The van der Waals surface area contributed by atoms with Gasteiger partial charge in [-0.3, -0.25) is 0 Å². The molecule has 2 heterocycles. The van der Waals surface area contributed by atoms with Gasteiger partial charge in [-0.05, 0) is 37.5 Å². The van der Waals surface area contributed by atoms with Crippen LogP contribution in [0, 0.1) is 5.92 Å². The van der Waals surface area contributed by atoms with Crippen molar-refractivity contribution >= 4 is 28.6 Å². The van der Waals surface area contributed by atoms with Gasteiger partial charge in [0, 0.05) is 6.42 Å². The van der Waals surface area contributed by atoms with Gasteiger partial charge in [-0.1, -0.05) is 46.9 Å². The molecule has 0 radical (unpaired) electrons. The average molecular weight is 514 g/mol. The van der Waals surface area contributed by atoms with Crippen molar-refractivity contribution in [1.29, 1.82) is 0 Å². The van der Waals surface area contributed by atoms with E-state index in [1.807, 2.05) is 31.2 Å². The summed E-state index contributed by atoms with van der Waals surface area (Å²) in [6.07, 6.45) is 6.08. The summed E-state index contributed by atoms with van der Waals surface area (Å²) in [5.74, 6) is 0.373. The normalized spacial score (nSPS) is 32.8. The Morgan fingerprint density at radius 2 is 1.97 bits per heavy atom. The van der Waals surface area contributed by atoms with E-state index in [1.165, 1.54) is 0 Å². The summed E-state index contributed by atoms with van der Waals surface area (Å²) in [6, 6.07) is 7.71. The Morgan fingerprint density at radius 1 is 1.24 bits per heavy atom. The third kappa shape index (κ3) is 3.94. The molecule has 6 nitrogen and oxygen atoms in total. The fraction of sp³-hybridized carbons (Fsp3) is 0.591. The number of alkyl halides is 1. The number of esters is 1. The lowest BCUT2D eigenvalue weighted by atomic mass is 9.71. The van der Waals surface area contributed by atoms with Crippen molar-refractivity contribution in [3.05, 3.63) is 42.0 Å². The van der Waals surface area contributed by atoms with Gasteiger partial charge >= 0.3 is 5.97 Å². The van der Waals surface area contributed by atoms with Crippen LogP contribution in [0.3, 0.4) is 0 Å². The Bertz CT molecular complexity index is 759. The van der Waals surface area contributed by atoms with Crippen molar-refractivity contribution in [1.82, 2.24) is 0 Å². The van der Waals surface area contributed by atoms with Gasteiger partial charge in [0.1, 0.15) is 11.4 Å². The molecule has 158 valence electrons. The summed E-state index contributed by atoms with van der Waals surface area (Å²) in [4.78, 5) is 13.1. The number of rotatable bonds is 7. The van der Waals surface area contributed by atoms with E-state index in [-0.39, 0.29) is 22.1 Å². The Balaban J connectivity index is 1.53. The molecule has 0 N–H and O–H groups in total. The molecular formula is C22H27IO6. The standard InChI is InChI=1S/C22H27IO6/c1-21(18(23)13-19-26-11-12-27-19)17-5-3-4-10-22(17,20(24)29-21)28-14-15-6-8-16(25-2)9-7-15/h3,5-9,17-19H,4,10-14H2,1-2H3/t17-,18-,21+,22-/m1/s1. The SMILES string of the molecule is COc1ccc(CO[C@]23CCC=C[C@@H]2[C@@](C)([C@H](I)CC2OCCO2)OC3=O)cc1. The highest BCUT2D eigenvalue weighted by Gasteiger charge is 2.65. The second kappa shape index (κ2) is 8.53. The van der Waals surface area contributed by atoms with E-state index in [4.69, 9.17) is 23.7 Å². The quantitative estimate of drug-likeness (QED) is 0.239. The van der Waals surface area contributed by atoms with E-state index in [2.05, 4.69) is 34.7 Å². The van der Waals surface area contributed by atoms with Gasteiger partial charge in [-0.25, -0.2) is 4.79 Å². The number of hydrogen-bond donors (Lipinski definition) is 0. The van der Waals surface area contributed by atoms with Crippen LogP contribution in [-0.2, 0) is 30.3 Å². The van der Waals surface area contributed by atoms with Gasteiger partial charge in [0.25, 0.3) is 0 Å². The minimum atomic E-state index is -0.954. The Morgan fingerprint density at radius 3 is 2.66 bits per heavy atom. The zero-order valence-corrected chi connectivity index (χ0v) is 18.9. The predicted octanol–water partition coefficient (Wildman–Crippen LogP) is 3.80. The molecule has 7 heteroatoms. The second-order valence-corrected chi connectivity index (χ2v) is 9.42. The molecule has 29 heavy (non-hydrogen) atoms. The highest BCUT2D eigenvalue weighted by atomic mass is 127. The van der Waals surface area contributed by atoms with Crippen LogP contribution in [0.2, 0.25) is 0 Å². The van der Waals surface area contributed by atoms with Gasteiger partial charge in [-0.15, -0.1) is 0 Å². The van der Waals surface area contributed by atoms with Gasteiger partial charge in [-0.2, -0.15) is 0 Å². The Hall–Kier alpha value is -1.16. The third-order valence-electron chi connectivity index (χ3n) is 6.16. The molecule has 0 spiro atoms. The molecule has 3 aliphatic rings. The first-order valence-corrected chi connectivity index (χ1v) is 11.3. The zero-order chi connectivity index (χ0) is 20.5. The summed E-state index contributed by atoms with van der Waals surface area (Å²) in [5, 5.41) is 0. The number of benzene rings is 1. The summed E-state index contributed by atoms with van der Waals surface area (Å²) < 4.78 is 28.9. The molecule has 0 saturated carbocycles. The largest absolute Gasteiger partial charge is 0.497 e. The van der Waals surface area contributed by atoms with Crippen molar-refractivity contribution in [2.45, 2.75) is 54.2 Å². The van der Waals surface area contributed by atoms with Crippen molar-refractivity contribution < 1.29 is 28.5 Å². The van der Waals surface area contributed by atoms with Crippen LogP contribution in [0.4, 0.5) is 0 Å². The third-order valence-corrected chi connectivity index (χ3v) is 7.90. The van der Waals surface area contributed by atoms with Crippen molar-refractivity contribution in [2.24, 2.45) is 5.92 Å². The molecule has 2 fully saturated rings. The Kier molecular flexibility index (Phi) is 6.20. The van der Waals surface area contributed by atoms with E-state index < -0.39 is 11.2 Å². The number of halogens is 1. The van der Waals surface area contributed by atoms with E-state index in [1.54, 1.807) is 7.11 Å². The lowest BCUT2D eigenvalue weighted by Crippen LogP contribution is -2.50. The second-order valence-electron chi connectivity index (χ2n) is 7.92. The maximum absolute atomic E-state index is 13.1. The Labute approximate surface area is 185 Å². The fourth-order valence-electron chi connectivity index (χ4n) is 4.43. The molecular weight excluding hydrogens is 487 g/mol. The molecule has 1 aromatic rings. The van der Waals surface area contributed by atoms with Gasteiger partial charge in [0.2, 0.25) is 0 Å². The lowest BCUT2D eigenvalue weighted by Gasteiger charge is -2.39. The first-order valence-electron chi connectivity index (χ1n) is 10.0. The topological polar surface area (TPSA) is 63.2 Å². The van der Waals surface area contributed by atoms with Crippen molar-refractivity contribution in [3.8, 4) is 5.75 Å². The number of methoxy groups -OCH3 is 1. The highest BCUT2D eigenvalue weighted by Crippen LogP contribution is 2.52. The van der Waals surface area contributed by atoms with Gasteiger partial charge in [0.05, 0.1) is 36.8 Å². The van der Waals surface area contributed by atoms with Crippen LogP contribution in [0.5, 0.6) is 5.75 Å². The van der Waals surface area contributed by atoms with Gasteiger partial charge < -0.3 is 23.7 Å². The van der Waals surface area contributed by atoms with Crippen LogP contribution in [0.25, 0.3) is 0 Å². The number of carbonyl (C=O) groups is 1. The minimum Gasteiger partial charge on any atom is -0.497 e. The zero-order valence-electron chi connectivity index (χ0n) is 16.8. The van der Waals surface area contributed by atoms with E-state index in [0.717, 1.165) is 17.7 Å². The molecule has 0 bridgehead atoms. The molecule has 2 aliphatic heterocycles. The number of carbonyl (C=O) groups excluding carboxylic acids is 1. The molecule has 4 rings (SSSR count). The molecule has 0 amide bonds. The molecule has 1 aliphatic carbocycles. The number of ether oxygens (including phenoxy) is 5. The summed E-state index contributed by atoms with van der Waals surface area (Å²) in [6.45, 7) is 3.58. The van der Waals surface area contributed by atoms with E-state index >= 15 is 0 Å². The lowest BCUT2D eigenvalue weighted by molar-refractivity contribution is -0.165. The van der Waals surface area contributed by atoms with E-state index in [9.17, 15) is 4.79 Å². The summed E-state index contributed by atoms with van der Waals surface area (Å²) in [7, 11) is 1.64. The van der Waals surface area contributed by atoms with Gasteiger partial charge in [0.15, 0.2) is 11.9 Å².